The smallest absolute Gasteiger partial charge is 0.234 e. The van der Waals surface area contributed by atoms with Crippen LogP contribution in [0, 0.1) is 0 Å². The summed E-state index contributed by atoms with van der Waals surface area (Å²) in [5.41, 5.74) is 4.81. The van der Waals surface area contributed by atoms with Gasteiger partial charge in [-0.2, -0.15) is 0 Å². The number of rotatable bonds is 9. The van der Waals surface area contributed by atoms with E-state index in [9.17, 15) is 9.59 Å². The Morgan fingerprint density at radius 2 is 1.62 bits per heavy atom. The molecular formula is C27H27N3O2S2. The zero-order valence-electron chi connectivity index (χ0n) is 19.2. The molecule has 0 spiro atoms. The van der Waals surface area contributed by atoms with Gasteiger partial charge in [-0.05, 0) is 53.8 Å². The lowest BCUT2D eigenvalue weighted by Gasteiger charge is -2.08. The Kier molecular flexibility index (Phi) is 7.98. The summed E-state index contributed by atoms with van der Waals surface area (Å²) in [5.74, 6) is 0.672. The van der Waals surface area contributed by atoms with Gasteiger partial charge in [0.2, 0.25) is 11.8 Å². The molecule has 4 rings (SSSR count). The third-order valence-electron chi connectivity index (χ3n) is 5.32. The maximum Gasteiger partial charge on any atom is 0.234 e. The van der Waals surface area contributed by atoms with Crippen LogP contribution >= 0.6 is 23.1 Å². The van der Waals surface area contributed by atoms with E-state index in [1.54, 1.807) is 0 Å². The molecule has 2 N–H and O–H groups in total. The van der Waals surface area contributed by atoms with Crippen molar-refractivity contribution in [1.29, 1.82) is 0 Å². The van der Waals surface area contributed by atoms with E-state index in [4.69, 9.17) is 0 Å². The first kappa shape index (κ1) is 24.0. The molecule has 2 amide bonds. The Labute approximate surface area is 208 Å². The van der Waals surface area contributed by atoms with Crippen molar-refractivity contribution in [2.45, 2.75) is 36.9 Å². The highest BCUT2D eigenvalue weighted by Gasteiger charge is 2.10. The van der Waals surface area contributed by atoms with Crippen molar-refractivity contribution in [2.75, 3.05) is 16.4 Å². The largest absolute Gasteiger partial charge is 0.326 e. The number of thiazole rings is 1. The highest BCUT2D eigenvalue weighted by Crippen LogP contribution is 2.31. The molecule has 0 aliphatic rings. The minimum absolute atomic E-state index is 0.0135. The number of hydrogen-bond donors (Lipinski definition) is 2. The van der Waals surface area contributed by atoms with Gasteiger partial charge < -0.3 is 10.6 Å². The van der Waals surface area contributed by atoms with Gasteiger partial charge in [0, 0.05) is 17.8 Å². The average molecular weight is 490 g/mol. The third-order valence-corrected chi connectivity index (χ3v) is 7.49. The minimum Gasteiger partial charge on any atom is -0.326 e. The second-order valence-corrected chi connectivity index (χ2v) is 10.6. The standard InChI is InChI=1S/C27H27N3O2S2/c1-18(2)20-9-11-21(12-10-20)28-26(32)17-33-27-30-23-14-13-22(16-24(23)34-27)29-25(31)15-8-19-6-4-3-5-7-19/h3-7,9-14,16,18H,8,15,17H2,1-2H3,(H,28,32)(H,29,31). The van der Waals surface area contributed by atoms with Crippen LogP contribution in [0.1, 0.15) is 37.3 Å². The van der Waals surface area contributed by atoms with Gasteiger partial charge in [0.15, 0.2) is 4.34 Å². The highest BCUT2D eigenvalue weighted by molar-refractivity contribution is 8.01. The van der Waals surface area contributed by atoms with Gasteiger partial charge in [-0.15, -0.1) is 11.3 Å². The van der Waals surface area contributed by atoms with Gasteiger partial charge in [-0.25, -0.2) is 4.98 Å². The fourth-order valence-corrected chi connectivity index (χ4v) is 5.35. The zero-order chi connectivity index (χ0) is 23.9. The molecule has 4 aromatic rings. The molecule has 0 bridgehead atoms. The maximum absolute atomic E-state index is 12.4. The topological polar surface area (TPSA) is 71.1 Å². The SMILES string of the molecule is CC(C)c1ccc(NC(=O)CSc2nc3ccc(NC(=O)CCc4ccccc4)cc3s2)cc1. The molecule has 0 aliphatic carbocycles. The maximum atomic E-state index is 12.4. The number of hydrogen-bond acceptors (Lipinski definition) is 5. The predicted molar refractivity (Wildman–Crippen MR) is 143 cm³/mol. The fraction of sp³-hybridized carbons (Fsp3) is 0.222. The normalized spacial score (nSPS) is 11.0. The molecule has 0 saturated carbocycles. The average Bonchev–Trinajstić information content (AvgIpc) is 3.25. The van der Waals surface area contributed by atoms with Crippen molar-refractivity contribution in [1.82, 2.24) is 4.98 Å². The van der Waals surface area contributed by atoms with Crippen LogP contribution in [-0.4, -0.2) is 22.6 Å². The molecule has 1 aromatic heterocycles. The first-order valence-corrected chi connectivity index (χ1v) is 13.0. The van der Waals surface area contributed by atoms with Crippen LogP contribution < -0.4 is 10.6 Å². The highest BCUT2D eigenvalue weighted by atomic mass is 32.2. The Morgan fingerprint density at radius 3 is 2.35 bits per heavy atom. The van der Waals surface area contributed by atoms with E-state index in [0.717, 1.165) is 31.5 Å². The lowest BCUT2D eigenvalue weighted by Crippen LogP contribution is -2.13. The molecule has 174 valence electrons. The predicted octanol–water partition coefficient (Wildman–Crippen LogP) is 6.72. The number of nitrogens with zero attached hydrogens (tertiary/aromatic N) is 1. The lowest BCUT2D eigenvalue weighted by atomic mass is 10.0. The molecule has 3 aromatic carbocycles. The van der Waals surface area contributed by atoms with E-state index < -0.39 is 0 Å². The first-order chi connectivity index (χ1) is 16.5. The second-order valence-electron chi connectivity index (χ2n) is 8.31. The quantitative estimate of drug-likeness (QED) is 0.256. The van der Waals surface area contributed by atoms with E-state index in [2.05, 4.69) is 29.5 Å². The van der Waals surface area contributed by atoms with Crippen molar-refractivity contribution in [2.24, 2.45) is 0 Å². The summed E-state index contributed by atoms with van der Waals surface area (Å²) >= 11 is 2.94. The molecule has 7 heteroatoms. The number of amides is 2. The number of benzene rings is 3. The number of carbonyl (C=O) groups is 2. The Balaban J connectivity index is 1.29. The second kappa shape index (κ2) is 11.3. The Hall–Kier alpha value is -3.16. The van der Waals surface area contributed by atoms with Crippen molar-refractivity contribution >= 4 is 56.5 Å². The van der Waals surface area contributed by atoms with E-state index in [-0.39, 0.29) is 17.6 Å². The first-order valence-electron chi connectivity index (χ1n) is 11.2. The number of anilines is 2. The van der Waals surface area contributed by atoms with Gasteiger partial charge in [0.05, 0.1) is 16.0 Å². The summed E-state index contributed by atoms with van der Waals surface area (Å²) in [6.07, 6.45) is 1.14. The van der Waals surface area contributed by atoms with Gasteiger partial charge in [-0.3, -0.25) is 9.59 Å². The molecule has 0 unspecified atom stereocenters. The van der Waals surface area contributed by atoms with E-state index >= 15 is 0 Å². The van der Waals surface area contributed by atoms with E-state index in [1.165, 1.54) is 28.7 Å². The van der Waals surface area contributed by atoms with Crippen LogP contribution in [0.2, 0.25) is 0 Å². The monoisotopic (exact) mass is 489 g/mol. The van der Waals surface area contributed by atoms with Crippen LogP contribution in [0.3, 0.4) is 0 Å². The van der Waals surface area contributed by atoms with Crippen LogP contribution in [-0.2, 0) is 16.0 Å². The number of nitrogens with one attached hydrogen (secondary N) is 2. The number of carbonyl (C=O) groups excluding carboxylic acids is 2. The Bertz CT molecular complexity index is 1270. The van der Waals surface area contributed by atoms with Crippen LogP contribution in [0.5, 0.6) is 0 Å². The summed E-state index contributed by atoms with van der Waals surface area (Å²) in [5, 5.41) is 5.91. The van der Waals surface area contributed by atoms with Crippen molar-refractivity contribution in [3.63, 3.8) is 0 Å². The van der Waals surface area contributed by atoms with Crippen molar-refractivity contribution in [3.8, 4) is 0 Å². The van der Waals surface area contributed by atoms with Gasteiger partial charge >= 0.3 is 0 Å². The third kappa shape index (κ3) is 6.68. The number of aromatic nitrogens is 1. The van der Waals surface area contributed by atoms with Crippen molar-refractivity contribution < 1.29 is 9.59 Å². The van der Waals surface area contributed by atoms with E-state index in [0.29, 0.717) is 18.8 Å². The molecule has 0 aliphatic heterocycles. The number of fused-ring (bicyclic) bond motifs is 1. The molecule has 5 nitrogen and oxygen atoms in total. The summed E-state index contributed by atoms with van der Waals surface area (Å²) < 4.78 is 1.81. The number of aryl methyl sites for hydroxylation is 1. The summed E-state index contributed by atoms with van der Waals surface area (Å²) in [6.45, 7) is 4.29. The summed E-state index contributed by atoms with van der Waals surface area (Å²) in [4.78, 5) is 29.3. The summed E-state index contributed by atoms with van der Waals surface area (Å²) in [6, 6.07) is 23.6. The van der Waals surface area contributed by atoms with Gasteiger partial charge in [0.1, 0.15) is 0 Å². The molecule has 0 fully saturated rings. The van der Waals surface area contributed by atoms with Crippen LogP contribution in [0.25, 0.3) is 10.2 Å². The summed E-state index contributed by atoms with van der Waals surface area (Å²) in [7, 11) is 0. The van der Waals surface area contributed by atoms with Crippen LogP contribution in [0.15, 0.2) is 77.1 Å². The fourth-order valence-electron chi connectivity index (χ4n) is 3.44. The molecule has 0 radical (unpaired) electrons. The molecule has 0 atom stereocenters. The van der Waals surface area contributed by atoms with Gasteiger partial charge in [0.25, 0.3) is 0 Å². The van der Waals surface area contributed by atoms with Crippen LogP contribution in [0.4, 0.5) is 11.4 Å². The molecule has 1 heterocycles. The number of thioether (sulfide) groups is 1. The molecular weight excluding hydrogens is 462 g/mol. The zero-order valence-corrected chi connectivity index (χ0v) is 20.8. The Morgan fingerprint density at radius 1 is 0.912 bits per heavy atom. The van der Waals surface area contributed by atoms with Crippen molar-refractivity contribution in [3.05, 3.63) is 83.9 Å². The van der Waals surface area contributed by atoms with Gasteiger partial charge in [-0.1, -0.05) is 68.1 Å². The molecule has 34 heavy (non-hydrogen) atoms. The lowest BCUT2D eigenvalue weighted by molar-refractivity contribution is -0.116. The minimum atomic E-state index is -0.0621. The van der Waals surface area contributed by atoms with E-state index in [1.807, 2.05) is 72.8 Å². The molecule has 0 saturated heterocycles.